The SMILES string of the molecule is COc1ccc(C2OCCN(S(=O)(=O)c3ccc(C)cc3)C2C)cc1. The number of nitrogens with zero attached hydrogens (tertiary/aromatic N) is 1. The van der Waals surface area contributed by atoms with Crippen molar-refractivity contribution in [1.82, 2.24) is 4.31 Å². The van der Waals surface area contributed by atoms with Crippen molar-refractivity contribution < 1.29 is 17.9 Å². The van der Waals surface area contributed by atoms with Gasteiger partial charge >= 0.3 is 0 Å². The molecule has 1 saturated heterocycles. The number of aryl methyl sites for hydroxylation is 1. The number of benzene rings is 2. The lowest BCUT2D eigenvalue weighted by Crippen LogP contribution is -2.48. The van der Waals surface area contributed by atoms with Gasteiger partial charge in [-0.25, -0.2) is 8.42 Å². The molecule has 0 bridgehead atoms. The van der Waals surface area contributed by atoms with Gasteiger partial charge in [0.2, 0.25) is 10.0 Å². The van der Waals surface area contributed by atoms with Crippen LogP contribution in [0.4, 0.5) is 0 Å². The van der Waals surface area contributed by atoms with Crippen molar-refractivity contribution in [1.29, 1.82) is 0 Å². The summed E-state index contributed by atoms with van der Waals surface area (Å²) in [7, 11) is -1.94. The van der Waals surface area contributed by atoms with Gasteiger partial charge in [0.05, 0.1) is 30.8 Å². The minimum absolute atomic E-state index is 0.298. The molecule has 2 aromatic rings. The monoisotopic (exact) mass is 361 g/mol. The van der Waals surface area contributed by atoms with Gasteiger partial charge < -0.3 is 9.47 Å². The van der Waals surface area contributed by atoms with Crippen LogP contribution in [0.1, 0.15) is 24.2 Å². The number of sulfonamides is 1. The van der Waals surface area contributed by atoms with Gasteiger partial charge in [-0.1, -0.05) is 29.8 Å². The normalized spacial score (nSPS) is 21.9. The Morgan fingerprint density at radius 3 is 2.32 bits per heavy atom. The molecule has 1 aliphatic heterocycles. The van der Waals surface area contributed by atoms with Gasteiger partial charge in [0, 0.05) is 6.54 Å². The molecule has 1 fully saturated rings. The van der Waals surface area contributed by atoms with Crippen molar-refractivity contribution in [2.45, 2.75) is 30.9 Å². The molecule has 0 radical (unpaired) electrons. The molecule has 5 nitrogen and oxygen atoms in total. The van der Waals surface area contributed by atoms with E-state index in [-0.39, 0.29) is 12.1 Å². The predicted octanol–water partition coefficient (Wildman–Crippen LogP) is 3.15. The molecular weight excluding hydrogens is 338 g/mol. The second kappa shape index (κ2) is 7.15. The maximum Gasteiger partial charge on any atom is 0.243 e. The molecule has 2 unspecified atom stereocenters. The highest BCUT2D eigenvalue weighted by Crippen LogP contribution is 2.32. The van der Waals surface area contributed by atoms with E-state index in [1.807, 2.05) is 50.2 Å². The molecule has 0 amide bonds. The van der Waals surface area contributed by atoms with Gasteiger partial charge in [0.15, 0.2) is 0 Å². The summed E-state index contributed by atoms with van der Waals surface area (Å²) in [6.07, 6.45) is -0.306. The number of morpholine rings is 1. The average Bonchev–Trinajstić information content (AvgIpc) is 2.62. The van der Waals surface area contributed by atoms with E-state index in [0.717, 1.165) is 16.9 Å². The summed E-state index contributed by atoms with van der Waals surface area (Å²) in [5.41, 5.74) is 1.97. The van der Waals surface area contributed by atoms with E-state index in [1.54, 1.807) is 19.2 Å². The van der Waals surface area contributed by atoms with Crippen molar-refractivity contribution in [2.24, 2.45) is 0 Å². The average molecular weight is 361 g/mol. The van der Waals surface area contributed by atoms with Gasteiger partial charge in [-0.3, -0.25) is 0 Å². The van der Waals surface area contributed by atoms with E-state index in [0.29, 0.717) is 18.0 Å². The van der Waals surface area contributed by atoms with Crippen molar-refractivity contribution in [3.05, 3.63) is 59.7 Å². The minimum atomic E-state index is -3.55. The van der Waals surface area contributed by atoms with E-state index in [1.165, 1.54) is 4.31 Å². The van der Waals surface area contributed by atoms with Crippen LogP contribution in [0.2, 0.25) is 0 Å². The first-order chi connectivity index (χ1) is 11.9. The van der Waals surface area contributed by atoms with Crippen molar-refractivity contribution in [2.75, 3.05) is 20.3 Å². The van der Waals surface area contributed by atoms with Crippen LogP contribution in [-0.4, -0.2) is 39.0 Å². The topological polar surface area (TPSA) is 55.8 Å². The third-order valence-electron chi connectivity index (χ3n) is 4.57. The fourth-order valence-corrected chi connectivity index (χ4v) is 4.73. The molecule has 3 rings (SSSR count). The molecule has 25 heavy (non-hydrogen) atoms. The smallest absolute Gasteiger partial charge is 0.243 e. The number of ether oxygens (including phenoxy) is 2. The highest BCUT2D eigenvalue weighted by molar-refractivity contribution is 7.89. The number of hydrogen-bond acceptors (Lipinski definition) is 4. The summed E-state index contributed by atoms with van der Waals surface area (Å²) in [5.74, 6) is 0.761. The Morgan fingerprint density at radius 2 is 1.72 bits per heavy atom. The Bertz CT molecular complexity index is 816. The molecule has 2 atom stereocenters. The summed E-state index contributed by atoms with van der Waals surface area (Å²) >= 11 is 0. The number of rotatable bonds is 4. The molecule has 0 saturated carbocycles. The predicted molar refractivity (Wildman–Crippen MR) is 96.2 cm³/mol. The maximum atomic E-state index is 13.0. The standard InChI is InChI=1S/C19H23NO4S/c1-14-4-10-18(11-5-14)25(21,22)20-12-13-24-19(15(20)2)16-6-8-17(23-3)9-7-16/h4-11,15,19H,12-13H2,1-3H3. The van der Waals surface area contributed by atoms with Crippen molar-refractivity contribution in [3.63, 3.8) is 0 Å². The Morgan fingerprint density at radius 1 is 1.08 bits per heavy atom. The van der Waals surface area contributed by atoms with E-state index in [2.05, 4.69) is 0 Å². The van der Waals surface area contributed by atoms with E-state index < -0.39 is 10.0 Å². The molecule has 134 valence electrons. The number of methoxy groups -OCH3 is 1. The lowest BCUT2D eigenvalue weighted by molar-refractivity contribution is -0.0361. The molecule has 1 heterocycles. The molecule has 6 heteroatoms. The third kappa shape index (κ3) is 3.56. The fraction of sp³-hybridized carbons (Fsp3) is 0.368. The lowest BCUT2D eigenvalue weighted by Gasteiger charge is -2.38. The van der Waals surface area contributed by atoms with Gasteiger partial charge in [-0.15, -0.1) is 0 Å². The van der Waals surface area contributed by atoms with Gasteiger partial charge in [-0.2, -0.15) is 4.31 Å². The first kappa shape index (κ1) is 17.9. The summed E-state index contributed by atoms with van der Waals surface area (Å²) < 4.78 is 38.7. The zero-order valence-corrected chi connectivity index (χ0v) is 15.5. The lowest BCUT2D eigenvalue weighted by atomic mass is 10.0. The highest BCUT2D eigenvalue weighted by Gasteiger charge is 2.37. The Kier molecular flexibility index (Phi) is 5.13. The summed E-state index contributed by atoms with van der Waals surface area (Å²) in [5, 5.41) is 0. The van der Waals surface area contributed by atoms with Crippen LogP contribution < -0.4 is 4.74 Å². The van der Waals surface area contributed by atoms with Crippen LogP contribution in [0, 0.1) is 6.92 Å². The highest BCUT2D eigenvalue weighted by atomic mass is 32.2. The van der Waals surface area contributed by atoms with E-state index in [4.69, 9.17) is 9.47 Å². The van der Waals surface area contributed by atoms with E-state index in [9.17, 15) is 8.42 Å². The summed E-state index contributed by atoms with van der Waals surface area (Å²) in [4.78, 5) is 0.320. The van der Waals surface area contributed by atoms with Crippen LogP contribution in [0.25, 0.3) is 0 Å². The Balaban J connectivity index is 1.88. The van der Waals surface area contributed by atoms with Crippen LogP contribution in [-0.2, 0) is 14.8 Å². The second-order valence-electron chi connectivity index (χ2n) is 6.23. The maximum absolute atomic E-state index is 13.0. The van der Waals surface area contributed by atoms with Crippen molar-refractivity contribution in [3.8, 4) is 5.75 Å². The Labute approximate surface area is 149 Å². The fourth-order valence-electron chi connectivity index (χ4n) is 3.12. The quantitative estimate of drug-likeness (QED) is 0.839. The van der Waals surface area contributed by atoms with Gasteiger partial charge in [0.1, 0.15) is 5.75 Å². The Hall–Kier alpha value is -1.89. The molecule has 0 aromatic heterocycles. The molecule has 1 aliphatic rings. The first-order valence-corrected chi connectivity index (χ1v) is 9.71. The zero-order chi connectivity index (χ0) is 18.0. The molecule has 0 N–H and O–H groups in total. The molecule has 2 aromatic carbocycles. The van der Waals surface area contributed by atoms with Gasteiger partial charge in [0.25, 0.3) is 0 Å². The summed E-state index contributed by atoms with van der Waals surface area (Å²) in [6, 6.07) is 14.2. The zero-order valence-electron chi connectivity index (χ0n) is 14.7. The van der Waals surface area contributed by atoms with Crippen LogP contribution in [0.3, 0.4) is 0 Å². The molecular formula is C19H23NO4S. The first-order valence-electron chi connectivity index (χ1n) is 8.27. The molecule has 0 spiro atoms. The largest absolute Gasteiger partial charge is 0.497 e. The van der Waals surface area contributed by atoms with E-state index >= 15 is 0 Å². The second-order valence-corrected chi connectivity index (χ2v) is 8.12. The van der Waals surface area contributed by atoms with Crippen LogP contribution in [0.5, 0.6) is 5.75 Å². The van der Waals surface area contributed by atoms with Crippen LogP contribution in [0.15, 0.2) is 53.4 Å². The van der Waals surface area contributed by atoms with Crippen LogP contribution >= 0.6 is 0 Å². The minimum Gasteiger partial charge on any atom is -0.497 e. The number of hydrogen-bond donors (Lipinski definition) is 0. The third-order valence-corrected chi connectivity index (χ3v) is 6.57. The summed E-state index contributed by atoms with van der Waals surface area (Å²) in [6.45, 7) is 4.55. The van der Waals surface area contributed by atoms with Gasteiger partial charge in [-0.05, 0) is 43.7 Å². The van der Waals surface area contributed by atoms with Crippen molar-refractivity contribution >= 4 is 10.0 Å². The molecule has 0 aliphatic carbocycles.